The third-order valence-corrected chi connectivity index (χ3v) is 14.0. The first-order chi connectivity index (χ1) is 29.6. The number of carbonyl (C=O) groups excluding carboxylic acids is 1. The zero-order valence-corrected chi connectivity index (χ0v) is 39.6. The summed E-state index contributed by atoms with van der Waals surface area (Å²) in [5, 5.41) is 12.2. The molecule has 8 rings (SSSR count). The number of nitrogens with two attached hydrogens (primary N) is 1. The fourth-order valence-electron chi connectivity index (χ4n) is 8.94. The van der Waals surface area contributed by atoms with Gasteiger partial charge in [-0.05, 0) is 158 Å². The quantitative estimate of drug-likeness (QED) is 0.0437. The molecule has 2 aliphatic heterocycles. The molecule has 0 saturated heterocycles. The van der Waals surface area contributed by atoms with E-state index in [-0.39, 0.29) is 10.8 Å². The lowest BCUT2D eigenvalue weighted by Crippen LogP contribution is -2.27. The number of thiol groups is 2. The number of fused-ring (bicyclic) bond motifs is 6. The number of thioether (sulfide) groups is 1. The van der Waals surface area contributed by atoms with Gasteiger partial charge in [-0.1, -0.05) is 104 Å². The van der Waals surface area contributed by atoms with E-state index in [4.69, 9.17) is 15.3 Å². The predicted molar refractivity (Wildman–Crippen MR) is 272 cm³/mol. The van der Waals surface area contributed by atoms with Gasteiger partial charge in [0.25, 0.3) is 0 Å². The second kappa shape index (κ2) is 21.4. The monoisotopic (exact) mass is 869 g/mol. The van der Waals surface area contributed by atoms with Crippen LogP contribution in [0.1, 0.15) is 89.3 Å². The molecule has 3 aliphatic rings. The number of nitrogens with zero attached hydrogens (tertiary/aromatic N) is 1. The number of anilines is 1. The highest BCUT2D eigenvalue weighted by atomic mass is 32.2. The zero-order valence-electron chi connectivity index (χ0n) is 37.0. The highest BCUT2D eigenvalue weighted by Gasteiger charge is 2.47. The van der Waals surface area contributed by atoms with Gasteiger partial charge in [-0.25, -0.2) is 4.42 Å². The van der Waals surface area contributed by atoms with Crippen LogP contribution in [-0.4, -0.2) is 42.6 Å². The van der Waals surface area contributed by atoms with Crippen LogP contribution >= 0.6 is 37.0 Å². The number of aliphatic hydroxyl groups is 1. The number of ketones is 1. The fraction of sp³-hybridized carbons (Fsp3) is 0.352. The van der Waals surface area contributed by atoms with Crippen molar-refractivity contribution in [3.8, 4) is 5.75 Å². The summed E-state index contributed by atoms with van der Waals surface area (Å²) < 4.78 is 6.63. The maximum Gasteiger partial charge on any atom is 0.358 e. The summed E-state index contributed by atoms with van der Waals surface area (Å²) in [6.45, 7) is 13.4. The van der Waals surface area contributed by atoms with E-state index in [1.807, 2.05) is 11.8 Å². The Bertz CT molecular complexity index is 2450. The van der Waals surface area contributed by atoms with Crippen LogP contribution in [0.3, 0.4) is 0 Å². The second-order valence-corrected chi connectivity index (χ2v) is 19.0. The van der Waals surface area contributed by atoms with Crippen molar-refractivity contribution in [2.75, 3.05) is 36.6 Å². The zero-order chi connectivity index (χ0) is 43.6. The maximum atomic E-state index is 7.00. The SMILES string of the molecule is CO.Cc1ccc(SC2=C(/C=C/C3=[O+]c4ccc5ccccc5c4C3(C)C)CCC/C2=C\C=C2\N(CCCCS)c3ccc4ccccc4c3C2(C)C)cc1.NCCCCS. The number of unbranched alkanes of at least 4 members (excludes halogenated alkanes) is 2. The van der Waals surface area contributed by atoms with E-state index < -0.39 is 0 Å². The van der Waals surface area contributed by atoms with Crippen molar-refractivity contribution in [1.29, 1.82) is 0 Å². The summed E-state index contributed by atoms with van der Waals surface area (Å²) in [7, 11) is 1.00. The van der Waals surface area contributed by atoms with Gasteiger partial charge < -0.3 is 15.7 Å². The lowest BCUT2D eigenvalue weighted by atomic mass is 9.79. The molecule has 7 heteroatoms. The van der Waals surface area contributed by atoms with Crippen LogP contribution in [0.5, 0.6) is 5.75 Å². The van der Waals surface area contributed by atoms with Gasteiger partial charge in [-0.3, -0.25) is 0 Å². The van der Waals surface area contributed by atoms with E-state index >= 15 is 0 Å². The minimum absolute atomic E-state index is 0.138. The largest absolute Gasteiger partial charge is 0.400 e. The molecule has 0 saturated carbocycles. The standard InChI is InChI=1S/C49H49NOS2.C4H11NS.CH4O/c1-33-19-25-38(26-20-33)53-47-36(15-12-16-37(47)24-30-44-49(4,5)46-40-18-9-7-14-35(40)22-28-42(46)51-44)23-29-43-48(2,3)45-39-17-8-6-13-34(39)21-27-41(45)50(43)31-10-11-32-52;5-3-1-2-4-6;1-2/h6-9,13-14,17-30H,10-12,15-16,31-32H2,1-5H3;6H,1-5H2;2H,1H3/p+1/b30-24+,36-23+,43-29+;;. The molecule has 0 bridgehead atoms. The molecule has 1 aliphatic carbocycles. The Morgan fingerprint density at radius 3 is 2.02 bits per heavy atom. The van der Waals surface area contributed by atoms with Crippen molar-refractivity contribution in [3.05, 3.63) is 160 Å². The van der Waals surface area contributed by atoms with E-state index in [2.05, 4.69) is 186 Å². The molecular weight excluding hydrogens is 805 g/mol. The van der Waals surface area contributed by atoms with Crippen LogP contribution in [0.15, 0.2) is 148 Å². The van der Waals surface area contributed by atoms with Crippen molar-refractivity contribution in [2.24, 2.45) is 5.73 Å². The molecule has 4 nitrogen and oxygen atoms in total. The minimum Gasteiger partial charge on any atom is -0.400 e. The number of benzene rings is 5. The third kappa shape index (κ3) is 10.3. The minimum atomic E-state index is -0.237. The summed E-state index contributed by atoms with van der Waals surface area (Å²) in [4.78, 5) is 5.24. The van der Waals surface area contributed by atoms with E-state index in [1.54, 1.807) is 0 Å². The lowest BCUT2D eigenvalue weighted by molar-refractivity contribution is -0.362. The summed E-state index contributed by atoms with van der Waals surface area (Å²) in [6.07, 6.45) is 17.2. The fourth-order valence-corrected chi connectivity index (χ4v) is 10.5. The average Bonchev–Trinajstić information content (AvgIpc) is 3.67. The van der Waals surface area contributed by atoms with Gasteiger partial charge in [0, 0.05) is 52.4 Å². The van der Waals surface area contributed by atoms with Gasteiger partial charge in [-0.2, -0.15) is 25.3 Å². The summed E-state index contributed by atoms with van der Waals surface area (Å²) >= 11 is 10.5. The van der Waals surface area contributed by atoms with Gasteiger partial charge in [0.05, 0.1) is 5.56 Å². The van der Waals surface area contributed by atoms with Crippen LogP contribution in [0, 0.1) is 6.92 Å². The molecule has 5 aromatic rings. The maximum absolute atomic E-state index is 7.00. The van der Waals surface area contributed by atoms with E-state index in [0.717, 1.165) is 88.2 Å². The molecule has 0 fully saturated rings. The summed E-state index contributed by atoms with van der Waals surface area (Å²) in [5.74, 6) is 3.86. The van der Waals surface area contributed by atoms with Crippen LogP contribution < -0.4 is 10.6 Å². The van der Waals surface area contributed by atoms with Crippen LogP contribution in [0.25, 0.3) is 21.5 Å². The topological polar surface area (TPSA) is 60.8 Å². The van der Waals surface area contributed by atoms with Crippen molar-refractivity contribution in [2.45, 2.75) is 95.3 Å². The summed E-state index contributed by atoms with van der Waals surface area (Å²) in [5.41, 5.74) is 14.3. The second-order valence-electron chi connectivity index (χ2n) is 17.1. The van der Waals surface area contributed by atoms with E-state index in [9.17, 15) is 0 Å². The van der Waals surface area contributed by atoms with E-state index in [1.165, 1.54) is 70.6 Å². The Labute approximate surface area is 380 Å². The molecular formula is C54H65N2O2S3+. The number of hydrogen-bond donors (Lipinski definition) is 4. The van der Waals surface area contributed by atoms with Gasteiger partial charge >= 0.3 is 11.5 Å². The molecule has 2 heterocycles. The Morgan fingerprint density at radius 2 is 1.36 bits per heavy atom. The predicted octanol–water partition coefficient (Wildman–Crippen LogP) is 13.8. The summed E-state index contributed by atoms with van der Waals surface area (Å²) in [6, 6.07) is 35.5. The highest BCUT2D eigenvalue weighted by molar-refractivity contribution is 8.03. The molecule has 0 amide bonds. The molecule has 61 heavy (non-hydrogen) atoms. The Morgan fingerprint density at radius 1 is 0.721 bits per heavy atom. The molecule has 320 valence electrons. The van der Waals surface area contributed by atoms with Gasteiger partial charge in [-0.15, -0.1) is 0 Å². The van der Waals surface area contributed by atoms with Crippen LogP contribution in [0.2, 0.25) is 0 Å². The number of aliphatic hydroxyl groups excluding tert-OH is 1. The number of aryl methyl sites for hydroxylation is 1. The smallest absolute Gasteiger partial charge is 0.358 e. The lowest BCUT2D eigenvalue weighted by Gasteiger charge is -2.27. The first-order valence-electron chi connectivity index (χ1n) is 21.9. The first kappa shape index (κ1) is 46.5. The van der Waals surface area contributed by atoms with Crippen LogP contribution in [0.4, 0.5) is 5.69 Å². The Hall–Kier alpha value is -3.98. The molecule has 0 aromatic heterocycles. The molecule has 0 unspecified atom stereocenters. The Balaban J connectivity index is 0.000000717. The van der Waals surface area contributed by atoms with Crippen molar-refractivity contribution < 1.29 is 9.53 Å². The van der Waals surface area contributed by atoms with Crippen molar-refractivity contribution >= 4 is 70.0 Å². The Kier molecular flexibility index (Phi) is 16.3. The van der Waals surface area contributed by atoms with Gasteiger partial charge in [0.2, 0.25) is 0 Å². The number of rotatable bonds is 12. The normalized spacial score (nSPS) is 17.7. The number of allylic oxidation sites excluding steroid dienone is 7. The highest BCUT2D eigenvalue weighted by Crippen LogP contribution is 2.51. The van der Waals surface area contributed by atoms with E-state index in [0.29, 0.717) is 0 Å². The van der Waals surface area contributed by atoms with Crippen molar-refractivity contribution in [3.63, 3.8) is 0 Å². The van der Waals surface area contributed by atoms with Crippen molar-refractivity contribution in [1.82, 2.24) is 0 Å². The molecule has 3 N–H and O–H groups in total. The number of hydrogen-bond acceptors (Lipinski definition) is 6. The molecule has 5 aromatic carbocycles. The molecule has 0 atom stereocenters. The van der Waals surface area contributed by atoms with Gasteiger partial charge in [0.1, 0.15) is 5.41 Å². The van der Waals surface area contributed by atoms with Crippen LogP contribution in [-0.2, 0) is 15.3 Å². The molecule has 0 radical (unpaired) electrons. The first-order valence-corrected chi connectivity index (χ1v) is 24.0. The third-order valence-electron chi connectivity index (χ3n) is 12.1. The average molecular weight is 870 g/mol. The van der Waals surface area contributed by atoms with Gasteiger partial charge in [0.15, 0.2) is 0 Å². The molecule has 0 spiro atoms.